The number of aromatic amines is 1. The quantitative estimate of drug-likeness (QED) is 0.0380. The van der Waals surface area contributed by atoms with Gasteiger partial charge in [0.2, 0.25) is 17.7 Å². The number of carbonyl (C=O) groups is 4. The van der Waals surface area contributed by atoms with Crippen LogP contribution in [0.15, 0.2) is 89.6 Å². The van der Waals surface area contributed by atoms with E-state index < -0.39 is 35.3 Å². The zero-order valence-electron chi connectivity index (χ0n) is 40.7. The number of nitrogens with one attached hydrogen (secondary N) is 3. The molecule has 17 nitrogen and oxygen atoms in total. The first-order chi connectivity index (χ1) is 34.5. The summed E-state index contributed by atoms with van der Waals surface area (Å²) in [5.74, 6) is -1.93. The summed E-state index contributed by atoms with van der Waals surface area (Å²) in [5, 5.41) is 25.8. The molecule has 1 aliphatic heterocycles. The normalized spacial score (nSPS) is 15.8. The number of hydrogen-bond donors (Lipinski definition) is 4. The monoisotopic (exact) mass is 1040 g/mol. The number of β-amino-alcohol motifs (C(OH)–C–C–N with tert-alkyl or cyclic N) is 1. The van der Waals surface area contributed by atoms with Gasteiger partial charge in [-0.3, -0.25) is 29.3 Å². The molecule has 0 saturated carbocycles. The maximum atomic E-state index is 14.0. The molecule has 1 aliphatic rings. The van der Waals surface area contributed by atoms with E-state index in [9.17, 15) is 24.3 Å². The molecule has 4 atom stereocenters. The molecule has 4 amide bonds. The van der Waals surface area contributed by atoms with Gasteiger partial charge in [-0.2, -0.15) is 5.10 Å². The Morgan fingerprint density at radius 3 is 2.39 bits per heavy atom. The molecule has 0 aliphatic carbocycles. The summed E-state index contributed by atoms with van der Waals surface area (Å²) in [6.45, 7) is 9.90. The first kappa shape index (κ1) is 53.7. The fourth-order valence-corrected chi connectivity index (χ4v) is 9.29. The number of aromatic nitrogens is 4. The number of fused-ring (bicyclic) bond motifs is 1. The van der Waals surface area contributed by atoms with Crippen molar-refractivity contribution in [3.05, 3.63) is 117 Å². The smallest absolute Gasteiger partial charge is 0.271 e. The van der Waals surface area contributed by atoms with Gasteiger partial charge in [-0.25, -0.2) is 9.98 Å². The van der Waals surface area contributed by atoms with E-state index in [1.165, 1.54) is 23.5 Å². The summed E-state index contributed by atoms with van der Waals surface area (Å²) in [6.07, 6.45) is 3.55. The highest BCUT2D eigenvalue weighted by Crippen LogP contribution is 2.33. The predicted molar refractivity (Wildman–Crippen MR) is 276 cm³/mol. The van der Waals surface area contributed by atoms with Crippen LogP contribution in [0.4, 0.5) is 0 Å². The summed E-state index contributed by atoms with van der Waals surface area (Å²) in [6, 6.07) is 19.9. The zero-order chi connectivity index (χ0) is 51.4. The number of halogens is 2. The number of thiazole rings is 1. The first-order valence-electron chi connectivity index (χ1n) is 23.4. The molecule has 72 heavy (non-hydrogen) atoms. The Bertz CT molecular complexity index is 2850. The van der Waals surface area contributed by atoms with E-state index in [0.29, 0.717) is 21.4 Å². The van der Waals surface area contributed by atoms with E-state index in [1.807, 2.05) is 107 Å². The van der Waals surface area contributed by atoms with Crippen molar-refractivity contribution in [1.82, 2.24) is 35.7 Å². The molecule has 1 unspecified atom stereocenters. The number of aryl methyl sites for hydroxylation is 1. The Labute approximate surface area is 431 Å². The van der Waals surface area contributed by atoms with Gasteiger partial charge in [0.15, 0.2) is 0 Å². The Balaban J connectivity index is 0.782. The summed E-state index contributed by atoms with van der Waals surface area (Å²) < 4.78 is 22.5. The summed E-state index contributed by atoms with van der Waals surface area (Å²) in [5.41, 5.74) is 7.94. The van der Waals surface area contributed by atoms with Crippen molar-refractivity contribution in [1.29, 1.82) is 0 Å². The van der Waals surface area contributed by atoms with Crippen LogP contribution < -0.4 is 15.4 Å². The SMILES string of the molecule is Cc1ncsc1-c1ccc([C@H](C)NC(=O)[C@@H]2C[C@@H](O)CN2C(=O)C(C=NC(=O)COCCOCCOCC(=O)NCc2cccc(-c3n[nH]c4ccc(OCc5c(Cl)cncc5Cl)cc34)c2)C(C)(C)C)cc1. The van der Waals surface area contributed by atoms with E-state index in [2.05, 4.69) is 35.8 Å². The highest BCUT2D eigenvalue weighted by Gasteiger charge is 2.44. The Morgan fingerprint density at radius 2 is 1.68 bits per heavy atom. The topological polar surface area (TPSA) is 220 Å². The van der Waals surface area contributed by atoms with E-state index in [0.717, 1.165) is 49.4 Å². The molecule has 6 aromatic rings. The molecule has 4 N–H and O–H groups in total. The van der Waals surface area contributed by atoms with Gasteiger partial charge in [0.1, 0.15) is 37.3 Å². The number of pyridine rings is 1. The number of hydrogen-bond acceptors (Lipinski definition) is 13. The minimum Gasteiger partial charge on any atom is -0.489 e. The van der Waals surface area contributed by atoms with Crippen LogP contribution in [0.25, 0.3) is 32.6 Å². The molecule has 1 saturated heterocycles. The Hall–Kier alpha value is -6.12. The second kappa shape index (κ2) is 25.0. The lowest BCUT2D eigenvalue weighted by Gasteiger charge is -2.33. The predicted octanol–water partition coefficient (Wildman–Crippen LogP) is 7.71. The minimum atomic E-state index is -0.899. The third kappa shape index (κ3) is 14.3. The van der Waals surface area contributed by atoms with Crippen molar-refractivity contribution in [2.45, 2.75) is 72.4 Å². The molecule has 380 valence electrons. The molecule has 3 aromatic heterocycles. The van der Waals surface area contributed by atoms with E-state index >= 15 is 0 Å². The van der Waals surface area contributed by atoms with E-state index in [-0.39, 0.29) is 83.6 Å². The van der Waals surface area contributed by atoms with Crippen molar-refractivity contribution < 1.29 is 43.2 Å². The maximum absolute atomic E-state index is 14.0. The van der Waals surface area contributed by atoms with E-state index in [4.69, 9.17) is 42.1 Å². The number of ether oxygens (including phenoxy) is 4. The third-order valence-electron chi connectivity index (χ3n) is 12.0. The highest BCUT2D eigenvalue weighted by molar-refractivity contribution is 7.13. The molecule has 20 heteroatoms. The molecule has 0 spiro atoms. The zero-order valence-corrected chi connectivity index (χ0v) is 43.0. The number of carbonyl (C=O) groups excluding carboxylic acids is 4. The fraction of sp³-hybridized carbons (Fsp3) is 0.385. The molecule has 7 rings (SSSR count). The van der Waals surface area contributed by atoms with Gasteiger partial charge in [-0.15, -0.1) is 11.3 Å². The van der Waals surface area contributed by atoms with Gasteiger partial charge in [-0.05, 0) is 60.2 Å². The van der Waals surface area contributed by atoms with Crippen molar-refractivity contribution in [3.63, 3.8) is 0 Å². The molecular weight excluding hydrogens is 984 g/mol. The fourth-order valence-electron chi connectivity index (χ4n) is 8.01. The molecule has 0 bridgehead atoms. The van der Waals surface area contributed by atoms with Gasteiger partial charge in [0, 0.05) is 54.6 Å². The number of benzene rings is 3. The lowest BCUT2D eigenvalue weighted by atomic mass is 9.80. The number of amides is 4. The van der Waals surface area contributed by atoms with Crippen molar-refractivity contribution in [2.75, 3.05) is 46.2 Å². The number of aliphatic hydroxyl groups is 1. The number of likely N-dealkylation sites (tertiary alicyclic amines) is 1. The van der Waals surface area contributed by atoms with Crippen LogP contribution in [0.2, 0.25) is 10.0 Å². The minimum absolute atomic E-state index is 0.0199. The number of H-pyrrole nitrogens is 1. The second-order valence-electron chi connectivity index (χ2n) is 18.4. The maximum Gasteiger partial charge on any atom is 0.271 e. The van der Waals surface area contributed by atoms with Crippen molar-refractivity contribution in [3.8, 4) is 27.4 Å². The van der Waals surface area contributed by atoms with Crippen LogP contribution in [0, 0.1) is 18.3 Å². The van der Waals surface area contributed by atoms with Crippen LogP contribution in [-0.2, 0) is 46.5 Å². The van der Waals surface area contributed by atoms with Crippen LogP contribution in [0.5, 0.6) is 5.75 Å². The van der Waals surface area contributed by atoms with Crippen molar-refractivity contribution >= 4 is 75.3 Å². The van der Waals surface area contributed by atoms with Gasteiger partial charge >= 0.3 is 0 Å². The number of aliphatic hydroxyl groups excluding tert-OH is 1. The molecular formula is C52H58Cl2N8O9S. The third-order valence-corrected chi connectivity index (χ3v) is 13.6. The molecule has 3 aromatic carbocycles. The molecule has 1 fully saturated rings. The van der Waals surface area contributed by atoms with Crippen LogP contribution in [0.3, 0.4) is 0 Å². The summed E-state index contributed by atoms with van der Waals surface area (Å²) in [4.78, 5) is 67.7. The average Bonchev–Trinajstić information content (AvgIpc) is 4.10. The first-order valence-corrected chi connectivity index (χ1v) is 25.0. The summed E-state index contributed by atoms with van der Waals surface area (Å²) >= 11 is 14.1. The Kier molecular flexibility index (Phi) is 18.6. The summed E-state index contributed by atoms with van der Waals surface area (Å²) in [7, 11) is 0. The highest BCUT2D eigenvalue weighted by atomic mass is 35.5. The largest absolute Gasteiger partial charge is 0.489 e. The lowest BCUT2D eigenvalue weighted by molar-refractivity contribution is -0.142. The van der Waals surface area contributed by atoms with E-state index in [1.54, 1.807) is 11.3 Å². The van der Waals surface area contributed by atoms with Crippen LogP contribution >= 0.6 is 34.5 Å². The Morgan fingerprint density at radius 1 is 0.958 bits per heavy atom. The molecule has 4 heterocycles. The molecule has 0 radical (unpaired) electrons. The van der Waals surface area contributed by atoms with Gasteiger partial charge in [0.05, 0.1) is 76.1 Å². The standard InChI is InChI=1S/C52H58Cl2N8O9S/c1-31(34-9-11-35(12-10-34)49-32(2)58-30-72-49)59-50(66)45-20-37(63)26-62(45)51(67)41(52(3,4)5)23-57-47(65)29-70-18-16-68-15-17-69-28-46(64)56-22-33-7-6-8-36(19-33)48-39-21-38(13-14-44(39)60-61-48)71-27-40-42(53)24-55-25-43(40)54/h6-14,19,21,23-25,30-31,37,41,45,63H,15-18,20,22,26-29H2,1-5H3,(H,56,64)(H,59,66)(H,60,61)/t31-,37+,41?,45-/m0/s1. The lowest BCUT2D eigenvalue weighted by Crippen LogP contribution is -2.50. The van der Waals surface area contributed by atoms with Crippen LogP contribution in [-0.4, -0.2) is 118 Å². The van der Waals surface area contributed by atoms with Gasteiger partial charge < -0.3 is 39.6 Å². The number of aliphatic imine (C=N–C) groups is 1. The van der Waals surface area contributed by atoms with Crippen molar-refractivity contribution in [2.24, 2.45) is 16.3 Å². The average molecular weight is 1040 g/mol. The van der Waals surface area contributed by atoms with Gasteiger partial charge in [0.25, 0.3) is 5.91 Å². The van der Waals surface area contributed by atoms with Gasteiger partial charge in [-0.1, -0.05) is 86.4 Å². The second-order valence-corrected chi connectivity index (χ2v) is 20.0. The number of nitrogens with zero attached hydrogens (tertiary/aromatic N) is 5. The van der Waals surface area contributed by atoms with Crippen LogP contribution in [0.1, 0.15) is 62.5 Å². The number of rotatable bonds is 22.